The molecule has 0 bridgehead atoms. The van der Waals surface area contributed by atoms with Crippen molar-refractivity contribution in [1.29, 1.82) is 0 Å². The van der Waals surface area contributed by atoms with Crippen molar-refractivity contribution in [3.63, 3.8) is 0 Å². The number of fused-ring (bicyclic) bond motifs is 1. The molecule has 0 saturated heterocycles. The van der Waals surface area contributed by atoms with Gasteiger partial charge >= 0.3 is 0 Å². The Morgan fingerprint density at radius 1 is 1.30 bits per heavy atom. The molecule has 3 nitrogen and oxygen atoms in total. The largest absolute Gasteiger partial charge is 0.341 e. The molecule has 0 spiro atoms. The van der Waals surface area contributed by atoms with E-state index in [9.17, 15) is 0 Å². The maximum absolute atomic E-state index is 4.35. The summed E-state index contributed by atoms with van der Waals surface area (Å²) in [5, 5.41) is 6.85. The van der Waals surface area contributed by atoms with Gasteiger partial charge in [0.2, 0.25) is 0 Å². The van der Waals surface area contributed by atoms with E-state index >= 15 is 0 Å². The van der Waals surface area contributed by atoms with Crippen LogP contribution in [0.5, 0.6) is 0 Å². The van der Waals surface area contributed by atoms with E-state index in [-0.39, 0.29) is 0 Å². The van der Waals surface area contributed by atoms with Crippen LogP contribution in [0, 0.1) is 0 Å². The SMILES string of the molecule is CCCNCc1ccc2c(ccn2Cc2cscn2)c1. The van der Waals surface area contributed by atoms with E-state index in [0.29, 0.717) is 0 Å². The van der Waals surface area contributed by atoms with Gasteiger partial charge in [-0.15, -0.1) is 11.3 Å². The summed E-state index contributed by atoms with van der Waals surface area (Å²) in [7, 11) is 0. The Morgan fingerprint density at radius 2 is 2.25 bits per heavy atom. The monoisotopic (exact) mass is 285 g/mol. The molecule has 0 aliphatic carbocycles. The molecule has 20 heavy (non-hydrogen) atoms. The Bertz CT molecular complexity index is 670. The van der Waals surface area contributed by atoms with Crippen molar-refractivity contribution in [1.82, 2.24) is 14.9 Å². The molecular weight excluding hydrogens is 266 g/mol. The van der Waals surface area contributed by atoms with Crippen molar-refractivity contribution < 1.29 is 0 Å². The van der Waals surface area contributed by atoms with Gasteiger partial charge in [0.1, 0.15) is 0 Å². The fourth-order valence-electron chi connectivity index (χ4n) is 2.40. The van der Waals surface area contributed by atoms with Crippen molar-refractivity contribution in [2.45, 2.75) is 26.4 Å². The summed E-state index contributed by atoms with van der Waals surface area (Å²) in [6, 6.07) is 8.88. The average Bonchev–Trinajstić information content (AvgIpc) is 3.10. The number of benzene rings is 1. The maximum atomic E-state index is 4.35. The van der Waals surface area contributed by atoms with Crippen LogP contribution in [0.2, 0.25) is 0 Å². The van der Waals surface area contributed by atoms with Gasteiger partial charge in [-0.05, 0) is 42.1 Å². The molecule has 0 amide bonds. The second-order valence-electron chi connectivity index (χ2n) is 4.99. The highest BCUT2D eigenvalue weighted by Crippen LogP contribution is 2.19. The van der Waals surface area contributed by atoms with Crippen LogP contribution >= 0.6 is 11.3 Å². The van der Waals surface area contributed by atoms with Crippen LogP contribution in [0.1, 0.15) is 24.6 Å². The molecule has 0 radical (unpaired) electrons. The summed E-state index contributed by atoms with van der Waals surface area (Å²) in [4.78, 5) is 4.35. The van der Waals surface area contributed by atoms with E-state index in [1.165, 1.54) is 22.9 Å². The van der Waals surface area contributed by atoms with Crippen LogP contribution in [0.25, 0.3) is 10.9 Å². The first kappa shape index (κ1) is 13.3. The zero-order valence-electron chi connectivity index (χ0n) is 11.7. The zero-order valence-corrected chi connectivity index (χ0v) is 12.5. The standard InChI is InChI=1S/C16H19N3S/c1-2-6-17-9-13-3-4-16-14(8-13)5-7-19(16)10-15-11-20-12-18-15/h3-5,7-8,11-12,17H,2,6,9-10H2,1H3. The number of thiazole rings is 1. The molecular formula is C16H19N3S. The van der Waals surface area contributed by atoms with E-state index in [2.05, 4.69) is 57.6 Å². The Morgan fingerprint density at radius 3 is 3.05 bits per heavy atom. The number of hydrogen-bond donors (Lipinski definition) is 1. The molecule has 3 aromatic rings. The topological polar surface area (TPSA) is 29.9 Å². The molecule has 0 aliphatic rings. The van der Waals surface area contributed by atoms with Crippen molar-refractivity contribution in [2.75, 3.05) is 6.54 Å². The lowest BCUT2D eigenvalue weighted by molar-refractivity contribution is 0.676. The predicted molar refractivity (Wildman–Crippen MR) is 85.2 cm³/mol. The van der Waals surface area contributed by atoms with Crippen LogP contribution in [-0.4, -0.2) is 16.1 Å². The summed E-state index contributed by atoms with van der Waals surface area (Å²) in [6.07, 6.45) is 3.32. The van der Waals surface area contributed by atoms with Crippen LogP contribution in [0.15, 0.2) is 41.4 Å². The first-order chi connectivity index (χ1) is 9.86. The zero-order chi connectivity index (χ0) is 13.8. The number of nitrogens with zero attached hydrogens (tertiary/aromatic N) is 2. The van der Waals surface area contributed by atoms with E-state index < -0.39 is 0 Å². The van der Waals surface area contributed by atoms with Crippen molar-refractivity contribution in [3.8, 4) is 0 Å². The van der Waals surface area contributed by atoms with Gasteiger partial charge in [0.15, 0.2) is 0 Å². The summed E-state index contributed by atoms with van der Waals surface area (Å²) in [5.41, 5.74) is 5.63. The highest BCUT2D eigenvalue weighted by atomic mass is 32.1. The van der Waals surface area contributed by atoms with E-state index in [4.69, 9.17) is 0 Å². The average molecular weight is 285 g/mol. The molecule has 0 aliphatic heterocycles. The molecule has 104 valence electrons. The summed E-state index contributed by atoms with van der Waals surface area (Å²) >= 11 is 1.65. The number of rotatable bonds is 6. The first-order valence-electron chi connectivity index (χ1n) is 7.02. The normalized spacial score (nSPS) is 11.2. The second kappa shape index (κ2) is 6.20. The third kappa shape index (κ3) is 2.92. The van der Waals surface area contributed by atoms with Gasteiger partial charge in [0.05, 0.1) is 17.7 Å². The molecule has 2 aromatic heterocycles. The van der Waals surface area contributed by atoms with Gasteiger partial charge in [-0.2, -0.15) is 0 Å². The second-order valence-corrected chi connectivity index (χ2v) is 5.71. The summed E-state index contributed by atoms with van der Waals surface area (Å²) < 4.78 is 2.26. The lowest BCUT2D eigenvalue weighted by atomic mass is 10.1. The molecule has 1 N–H and O–H groups in total. The van der Waals surface area contributed by atoms with Crippen LogP contribution in [0.4, 0.5) is 0 Å². The van der Waals surface area contributed by atoms with Gasteiger partial charge in [0.25, 0.3) is 0 Å². The summed E-state index contributed by atoms with van der Waals surface area (Å²) in [5.74, 6) is 0. The Kier molecular flexibility index (Phi) is 4.14. The molecule has 0 saturated carbocycles. The summed E-state index contributed by atoms with van der Waals surface area (Å²) in [6.45, 7) is 5.05. The molecule has 3 rings (SSSR count). The van der Waals surface area contributed by atoms with Crippen molar-refractivity contribution >= 4 is 22.2 Å². The molecule has 2 heterocycles. The maximum Gasteiger partial charge on any atom is 0.0795 e. The third-order valence-electron chi connectivity index (χ3n) is 3.41. The van der Waals surface area contributed by atoms with E-state index in [1.54, 1.807) is 11.3 Å². The minimum absolute atomic E-state index is 0.848. The number of nitrogens with one attached hydrogen (secondary N) is 1. The van der Waals surface area contributed by atoms with E-state index in [1.807, 2.05) is 5.51 Å². The molecule has 4 heteroatoms. The molecule has 0 fully saturated rings. The number of aromatic nitrogens is 2. The van der Waals surface area contributed by atoms with Crippen LogP contribution in [0.3, 0.4) is 0 Å². The van der Waals surface area contributed by atoms with Crippen LogP contribution < -0.4 is 5.32 Å². The van der Waals surface area contributed by atoms with E-state index in [0.717, 1.165) is 25.3 Å². The minimum Gasteiger partial charge on any atom is -0.341 e. The minimum atomic E-state index is 0.848. The van der Waals surface area contributed by atoms with Gasteiger partial charge < -0.3 is 9.88 Å². The Hall–Kier alpha value is -1.65. The Balaban J connectivity index is 1.79. The van der Waals surface area contributed by atoms with Crippen molar-refractivity contribution in [2.24, 2.45) is 0 Å². The van der Waals surface area contributed by atoms with Gasteiger partial charge in [0, 0.05) is 23.6 Å². The van der Waals surface area contributed by atoms with Gasteiger partial charge in [-0.1, -0.05) is 13.0 Å². The molecule has 1 aromatic carbocycles. The molecule has 0 unspecified atom stereocenters. The van der Waals surface area contributed by atoms with Crippen molar-refractivity contribution in [3.05, 3.63) is 52.6 Å². The fourth-order valence-corrected chi connectivity index (χ4v) is 2.95. The lowest BCUT2D eigenvalue weighted by Gasteiger charge is -2.06. The Labute approximate surface area is 123 Å². The highest BCUT2D eigenvalue weighted by Gasteiger charge is 2.04. The van der Waals surface area contributed by atoms with Gasteiger partial charge in [-0.25, -0.2) is 4.98 Å². The first-order valence-corrected chi connectivity index (χ1v) is 7.96. The predicted octanol–water partition coefficient (Wildman–Crippen LogP) is 3.65. The highest BCUT2D eigenvalue weighted by molar-refractivity contribution is 7.07. The third-order valence-corrected chi connectivity index (χ3v) is 4.04. The lowest BCUT2D eigenvalue weighted by Crippen LogP contribution is -2.13. The quantitative estimate of drug-likeness (QED) is 0.701. The number of hydrogen-bond acceptors (Lipinski definition) is 3. The fraction of sp³-hybridized carbons (Fsp3) is 0.312. The van der Waals surface area contributed by atoms with Crippen LogP contribution in [-0.2, 0) is 13.1 Å². The smallest absolute Gasteiger partial charge is 0.0795 e. The molecule has 0 atom stereocenters. The van der Waals surface area contributed by atoms with Gasteiger partial charge in [-0.3, -0.25) is 0 Å².